The van der Waals surface area contributed by atoms with E-state index in [1.165, 1.54) is 0 Å². The van der Waals surface area contributed by atoms with Gasteiger partial charge in [-0.15, -0.1) is 24.8 Å². The van der Waals surface area contributed by atoms with E-state index in [0.717, 1.165) is 58.5 Å². The summed E-state index contributed by atoms with van der Waals surface area (Å²) in [5.41, 5.74) is 0. The van der Waals surface area contributed by atoms with Gasteiger partial charge < -0.3 is 15.5 Å². The first-order valence-corrected chi connectivity index (χ1v) is 7.73. The Morgan fingerprint density at radius 2 is 1.73 bits per heavy atom. The van der Waals surface area contributed by atoms with Gasteiger partial charge >= 0.3 is 0 Å². The molecule has 1 atom stereocenters. The second-order valence-electron chi connectivity index (χ2n) is 6.13. The van der Waals surface area contributed by atoms with Crippen LogP contribution < -0.4 is 10.6 Å². The summed E-state index contributed by atoms with van der Waals surface area (Å²) in [6, 6.07) is 0.431. The van der Waals surface area contributed by atoms with Crippen molar-refractivity contribution in [2.75, 3.05) is 45.8 Å². The van der Waals surface area contributed by atoms with Gasteiger partial charge in [0.2, 0.25) is 11.8 Å². The highest BCUT2D eigenvalue weighted by atomic mass is 35.5. The zero-order valence-electron chi connectivity index (χ0n) is 12.8. The number of carbonyl (C=O) groups is 2. The maximum absolute atomic E-state index is 12.3. The summed E-state index contributed by atoms with van der Waals surface area (Å²) >= 11 is 0. The first-order valence-electron chi connectivity index (χ1n) is 7.73. The van der Waals surface area contributed by atoms with Gasteiger partial charge in [-0.05, 0) is 25.8 Å². The van der Waals surface area contributed by atoms with E-state index in [-0.39, 0.29) is 42.5 Å². The number of piperazine rings is 1. The van der Waals surface area contributed by atoms with Crippen molar-refractivity contribution in [3.05, 3.63) is 0 Å². The number of nitrogens with zero attached hydrogens (tertiary/aromatic N) is 2. The predicted octanol–water partition coefficient (Wildman–Crippen LogP) is -0.138. The van der Waals surface area contributed by atoms with E-state index in [1.807, 2.05) is 4.90 Å². The first kappa shape index (κ1) is 19.5. The van der Waals surface area contributed by atoms with Crippen molar-refractivity contribution in [3.63, 3.8) is 0 Å². The third kappa shape index (κ3) is 5.26. The molecule has 2 saturated heterocycles. The SMILES string of the molecule is Cl.Cl.O=C(CN1CCN(C(=O)C2CCNC2)CC1)NC1CC1. The normalized spacial score (nSPS) is 25.1. The highest BCUT2D eigenvalue weighted by Gasteiger charge is 2.30. The summed E-state index contributed by atoms with van der Waals surface area (Å²) < 4.78 is 0. The molecule has 8 heteroatoms. The quantitative estimate of drug-likeness (QED) is 0.739. The minimum absolute atomic E-state index is 0. The number of amides is 2. The lowest BCUT2D eigenvalue weighted by molar-refractivity contribution is -0.136. The molecule has 128 valence electrons. The molecule has 2 amide bonds. The average Bonchev–Trinajstić information content (AvgIpc) is 3.08. The van der Waals surface area contributed by atoms with Crippen molar-refractivity contribution in [1.82, 2.24) is 20.4 Å². The molecule has 0 aromatic heterocycles. The Kier molecular flexibility index (Phi) is 7.89. The molecule has 3 fully saturated rings. The molecule has 0 spiro atoms. The van der Waals surface area contributed by atoms with E-state index in [2.05, 4.69) is 15.5 Å². The maximum atomic E-state index is 12.3. The lowest BCUT2D eigenvalue weighted by Crippen LogP contribution is -2.52. The van der Waals surface area contributed by atoms with Crippen molar-refractivity contribution in [1.29, 1.82) is 0 Å². The summed E-state index contributed by atoms with van der Waals surface area (Å²) in [6.07, 6.45) is 3.22. The van der Waals surface area contributed by atoms with Crippen molar-refractivity contribution >= 4 is 36.6 Å². The summed E-state index contributed by atoms with van der Waals surface area (Å²) in [6.45, 7) is 5.39. The lowest BCUT2D eigenvalue weighted by atomic mass is 10.1. The minimum atomic E-state index is 0. The molecule has 1 aliphatic carbocycles. The number of nitrogens with one attached hydrogen (secondary N) is 2. The molecule has 3 rings (SSSR count). The minimum Gasteiger partial charge on any atom is -0.352 e. The fourth-order valence-corrected chi connectivity index (χ4v) is 2.95. The molecule has 2 aliphatic heterocycles. The molecule has 0 bridgehead atoms. The maximum Gasteiger partial charge on any atom is 0.234 e. The molecule has 2 N–H and O–H groups in total. The van der Waals surface area contributed by atoms with E-state index >= 15 is 0 Å². The van der Waals surface area contributed by atoms with E-state index < -0.39 is 0 Å². The van der Waals surface area contributed by atoms with E-state index in [9.17, 15) is 9.59 Å². The van der Waals surface area contributed by atoms with Crippen LogP contribution in [0.5, 0.6) is 0 Å². The van der Waals surface area contributed by atoms with Crippen LogP contribution >= 0.6 is 24.8 Å². The van der Waals surface area contributed by atoms with Gasteiger partial charge in [-0.25, -0.2) is 0 Å². The molecule has 1 saturated carbocycles. The van der Waals surface area contributed by atoms with E-state index in [4.69, 9.17) is 0 Å². The zero-order valence-corrected chi connectivity index (χ0v) is 14.4. The van der Waals surface area contributed by atoms with Gasteiger partial charge in [0.1, 0.15) is 0 Å². The molecule has 0 aromatic carbocycles. The molecule has 0 radical (unpaired) electrons. The molecule has 1 unspecified atom stereocenters. The molecular formula is C14H26Cl2N4O2. The molecule has 0 aromatic rings. The van der Waals surface area contributed by atoms with E-state index in [1.54, 1.807) is 0 Å². The van der Waals surface area contributed by atoms with Crippen LogP contribution in [0.3, 0.4) is 0 Å². The number of rotatable bonds is 4. The fourth-order valence-electron chi connectivity index (χ4n) is 2.95. The van der Waals surface area contributed by atoms with Crippen LogP contribution in [-0.2, 0) is 9.59 Å². The van der Waals surface area contributed by atoms with Crippen LogP contribution in [0.4, 0.5) is 0 Å². The second-order valence-corrected chi connectivity index (χ2v) is 6.13. The topological polar surface area (TPSA) is 64.7 Å². The van der Waals surface area contributed by atoms with Crippen LogP contribution in [0.2, 0.25) is 0 Å². The average molecular weight is 353 g/mol. The Hall–Kier alpha value is -0.560. The summed E-state index contributed by atoms with van der Waals surface area (Å²) in [5, 5.41) is 6.25. The smallest absolute Gasteiger partial charge is 0.234 e. The molecule has 3 aliphatic rings. The van der Waals surface area contributed by atoms with Gasteiger partial charge in [-0.1, -0.05) is 0 Å². The fraction of sp³-hybridized carbons (Fsp3) is 0.857. The molecule has 2 heterocycles. The first-order chi connectivity index (χ1) is 9.72. The second kappa shape index (κ2) is 8.91. The largest absolute Gasteiger partial charge is 0.352 e. The highest BCUT2D eigenvalue weighted by Crippen LogP contribution is 2.18. The number of hydrogen-bond donors (Lipinski definition) is 2. The Bertz CT molecular complexity index is 379. The van der Waals surface area contributed by atoms with Crippen molar-refractivity contribution < 1.29 is 9.59 Å². The predicted molar refractivity (Wildman–Crippen MR) is 89.7 cm³/mol. The summed E-state index contributed by atoms with van der Waals surface area (Å²) in [4.78, 5) is 28.1. The molecule has 6 nitrogen and oxygen atoms in total. The van der Waals surface area contributed by atoms with Gasteiger partial charge in [0.05, 0.1) is 12.5 Å². The Morgan fingerprint density at radius 3 is 2.27 bits per heavy atom. The van der Waals surface area contributed by atoms with Crippen molar-refractivity contribution in [2.24, 2.45) is 5.92 Å². The van der Waals surface area contributed by atoms with Gasteiger partial charge in [0.15, 0.2) is 0 Å². The van der Waals surface area contributed by atoms with Crippen LogP contribution in [-0.4, -0.2) is 73.5 Å². The van der Waals surface area contributed by atoms with Gasteiger partial charge in [0, 0.05) is 38.8 Å². The Labute approximate surface area is 144 Å². The van der Waals surface area contributed by atoms with Gasteiger partial charge in [0.25, 0.3) is 0 Å². The number of carbonyl (C=O) groups excluding carboxylic acids is 2. The molecular weight excluding hydrogens is 327 g/mol. The van der Waals surface area contributed by atoms with Gasteiger partial charge in [-0.3, -0.25) is 14.5 Å². The zero-order chi connectivity index (χ0) is 13.9. The van der Waals surface area contributed by atoms with E-state index in [0.29, 0.717) is 12.6 Å². The Balaban J connectivity index is 0.00000121. The van der Waals surface area contributed by atoms with Crippen LogP contribution in [0, 0.1) is 5.92 Å². The van der Waals surface area contributed by atoms with Crippen LogP contribution in [0.15, 0.2) is 0 Å². The van der Waals surface area contributed by atoms with Gasteiger partial charge in [-0.2, -0.15) is 0 Å². The van der Waals surface area contributed by atoms with Crippen molar-refractivity contribution in [3.8, 4) is 0 Å². The third-order valence-corrected chi connectivity index (χ3v) is 4.40. The summed E-state index contributed by atoms with van der Waals surface area (Å²) in [5.74, 6) is 0.587. The lowest BCUT2D eigenvalue weighted by Gasteiger charge is -2.35. The molecule has 22 heavy (non-hydrogen) atoms. The number of halogens is 2. The monoisotopic (exact) mass is 352 g/mol. The summed E-state index contributed by atoms with van der Waals surface area (Å²) in [7, 11) is 0. The standard InChI is InChI=1S/C14H24N4O2.2ClH/c19-13(16-12-1-2-12)10-17-5-7-18(8-6-17)14(20)11-3-4-15-9-11;;/h11-12,15H,1-10H2,(H,16,19);2*1H. The van der Waals surface area contributed by atoms with Crippen LogP contribution in [0.25, 0.3) is 0 Å². The number of hydrogen-bond acceptors (Lipinski definition) is 4. The highest BCUT2D eigenvalue weighted by molar-refractivity contribution is 5.85. The van der Waals surface area contributed by atoms with Crippen molar-refractivity contribution in [2.45, 2.75) is 25.3 Å². The van der Waals surface area contributed by atoms with Crippen LogP contribution in [0.1, 0.15) is 19.3 Å². The Morgan fingerprint density at radius 1 is 1.05 bits per heavy atom. The third-order valence-electron chi connectivity index (χ3n) is 4.40.